The molecule has 0 fully saturated rings. The molecule has 118 valence electrons. The van der Waals surface area contributed by atoms with Crippen LogP contribution < -0.4 is 5.73 Å². The molecule has 0 spiro atoms. The van der Waals surface area contributed by atoms with Crippen LogP contribution in [-0.2, 0) is 20.4 Å². The van der Waals surface area contributed by atoms with Crippen LogP contribution in [0.2, 0.25) is 0 Å². The Bertz CT molecular complexity index is 886. The van der Waals surface area contributed by atoms with Crippen molar-refractivity contribution in [2.24, 2.45) is 5.16 Å². The maximum Gasteiger partial charge on any atom is 0.200 e. The first-order chi connectivity index (χ1) is 10.2. The molecule has 1 aliphatic rings. The van der Waals surface area contributed by atoms with Gasteiger partial charge in [0.25, 0.3) is 0 Å². The van der Waals surface area contributed by atoms with Crippen LogP contribution in [0, 0.1) is 5.82 Å². The third-order valence-corrected chi connectivity index (χ3v) is 4.91. The first-order valence-corrected chi connectivity index (χ1v) is 8.14. The van der Waals surface area contributed by atoms with E-state index in [4.69, 9.17) is 15.1 Å². The number of rotatable bonds is 2. The standard InChI is InChI=1S/C13H14FN3O4S/c1-13(2)5-12(17-21-13)22(18,19)6-10-7-3-9(15)8(14)4-11(7)20-16-10/h3-4H,5-6,15H2,1-2H3. The van der Waals surface area contributed by atoms with Crippen LogP contribution >= 0.6 is 0 Å². The minimum Gasteiger partial charge on any atom is -0.396 e. The molecule has 2 heterocycles. The van der Waals surface area contributed by atoms with Crippen molar-refractivity contribution in [1.29, 1.82) is 0 Å². The number of hydrogen-bond donors (Lipinski definition) is 1. The van der Waals surface area contributed by atoms with Crippen LogP contribution in [0.3, 0.4) is 0 Å². The second-order valence-electron chi connectivity index (χ2n) is 5.77. The maximum atomic E-state index is 13.4. The van der Waals surface area contributed by atoms with Gasteiger partial charge in [-0.2, -0.15) is 0 Å². The van der Waals surface area contributed by atoms with E-state index in [0.717, 1.165) is 6.07 Å². The van der Waals surface area contributed by atoms with Gasteiger partial charge in [-0.05, 0) is 19.9 Å². The summed E-state index contributed by atoms with van der Waals surface area (Å²) in [6, 6.07) is 2.38. The third-order valence-electron chi connectivity index (χ3n) is 3.32. The fraction of sp³-hybridized carbons (Fsp3) is 0.385. The minimum atomic E-state index is -3.70. The molecule has 0 amide bonds. The quantitative estimate of drug-likeness (QED) is 0.845. The van der Waals surface area contributed by atoms with Crippen LogP contribution in [-0.4, -0.2) is 24.2 Å². The lowest BCUT2D eigenvalue weighted by Gasteiger charge is -2.13. The van der Waals surface area contributed by atoms with E-state index in [1.807, 2.05) is 0 Å². The molecule has 2 aromatic rings. The molecule has 0 bridgehead atoms. The van der Waals surface area contributed by atoms with Gasteiger partial charge in [0.2, 0.25) is 9.84 Å². The molecular formula is C13H14FN3O4S. The van der Waals surface area contributed by atoms with Crippen LogP contribution in [0.1, 0.15) is 26.0 Å². The van der Waals surface area contributed by atoms with E-state index >= 15 is 0 Å². The summed E-state index contributed by atoms with van der Waals surface area (Å²) in [7, 11) is -3.70. The van der Waals surface area contributed by atoms with E-state index in [-0.39, 0.29) is 28.4 Å². The Balaban J connectivity index is 1.95. The molecular weight excluding hydrogens is 313 g/mol. The van der Waals surface area contributed by atoms with E-state index in [1.165, 1.54) is 6.07 Å². The number of sulfone groups is 1. The maximum absolute atomic E-state index is 13.4. The number of aromatic nitrogens is 1. The highest BCUT2D eigenvalue weighted by atomic mass is 32.2. The number of nitrogen functional groups attached to an aromatic ring is 1. The summed E-state index contributed by atoms with van der Waals surface area (Å²) in [5.41, 5.74) is 5.05. The summed E-state index contributed by atoms with van der Waals surface area (Å²) < 4.78 is 43.1. The van der Waals surface area contributed by atoms with E-state index in [9.17, 15) is 12.8 Å². The van der Waals surface area contributed by atoms with Crippen LogP contribution in [0.15, 0.2) is 21.8 Å². The molecule has 7 nitrogen and oxygen atoms in total. The molecule has 0 saturated heterocycles. The van der Waals surface area contributed by atoms with Gasteiger partial charge in [-0.25, -0.2) is 12.8 Å². The molecule has 9 heteroatoms. The van der Waals surface area contributed by atoms with Crippen molar-refractivity contribution >= 4 is 31.5 Å². The molecule has 3 rings (SSSR count). The highest BCUT2D eigenvalue weighted by molar-refractivity contribution is 8.05. The highest BCUT2D eigenvalue weighted by Gasteiger charge is 2.36. The smallest absolute Gasteiger partial charge is 0.200 e. The summed E-state index contributed by atoms with van der Waals surface area (Å²) in [5, 5.41) is 7.66. The zero-order valence-corrected chi connectivity index (χ0v) is 12.8. The van der Waals surface area contributed by atoms with Gasteiger partial charge in [-0.3, -0.25) is 0 Å². The number of anilines is 1. The lowest BCUT2D eigenvalue weighted by molar-refractivity contribution is 0.0123. The predicted molar refractivity (Wildman–Crippen MR) is 78.2 cm³/mol. The second-order valence-corrected chi connectivity index (χ2v) is 7.76. The number of hydrogen-bond acceptors (Lipinski definition) is 7. The van der Waals surface area contributed by atoms with Gasteiger partial charge in [0.15, 0.2) is 10.6 Å². The summed E-state index contributed by atoms with van der Waals surface area (Å²) >= 11 is 0. The minimum absolute atomic E-state index is 0.0382. The molecule has 1 aromatic heterocycles. The highest BCUT2D eigenvalue weighted by Crippen LogP contribution is 2.29. The van der Waals surface area contributed by atoms with Crippen LogP contribution in [0.5, 0.6) is 0 Å². The van der Waals surface area contributed by atoms with E-state index in [1.54, 1.807) is 13.8 Å². The van der Waals surface area contributed by atoms with Crippen molar-refractivity contribution in [1.82, 2.24) is 5.16 Å². The largest absolute Gasteiger partial charge is 0.396 e. The zero-order valence-electron chi connectivity index (χ0n) is 12.0. The summed E-state index contributed by atoms with van der Waals surface area (Å²) in [4.78, 5) is 5.08. The zero-order chi connectivity index (χ0) is 16.1. The van der Waals surface area contributed by atoms with Gasteiger partial charge in [-0.1, -0.05) is 10.3 Å². The number of oxime groups is 1. The van der Waals surface area contributed by atoms with Gasteiger partial charge in [0, 0.05) is 17.9 Å². The Labute approximate surface area is 125 Å². The van der Waals surface area contributed by atoms with Crippen molar-refractivity contribution in [3.8, 4) is 0 Å². The fourth-order valence-electron chi connectivity index (χ4n) is 2.16. The first kappa shape index (κ1) is 14.8. The van der Waals surface area contributed by atoms with Crippen LogP contribution in [0.4, 0.5) is 10.1 Å². The van der Waals surface area contributed by atoms with Crippen molar-refractivity contribution in [2.45, 2.75) is 31.6 Å². The molecule has 22 heavy (non-hydrogen) atoms. The van der Waals surface area contributed by atoms with Gasteiger partial charge in [-0.15, -0.1) is 0 Å². The topological polar surface area (TPSA) is 108 Å². The Morgan fingerprint density at radius 3 is 2.77 bits per heavy atom. The Kier molecular flexibility index (Phi) is 3.13. The summed E-state index contributed by atoms with van der Waals surface area (Å²) in [6.45, 7) is 3.49. The van der Waals surface area contributed by atoms with E-state index < -0.39 is 27.0 Å². The van der Waals surface area contributed by atoms with Gasteiger partial charge < -0.3 is 15.1 Å². The molecule has 0 atom stereocenters. The van der Waals surface area contributed by atoms with E-state index in [2.05, 4.69) is 10.3 Å². The number of halogens is 1. The Morgan fingerprint density at radius 1 is 1.41 bits per heavy atom. The predicted octanol–water partition coefficient (Wildman–Crippen LogP) is 1.98. The lowest BCUT2D eigenvalue weighted by atomic mass is 10.1. The summed E-state index contributed by atoms with van der Waals surface area (Å²) in [6.07, 6.45) is 0.182. The molecule has 1 aromatic carbocycles. The second kappa shape index (κ2) is 4.67. The van der Waals surface area contributed by atoms with Crippen molar-refractivity contribution in [3.05, 3.63) is 23.6 Å². The molecule has 1 aliphatic heterocycles. The number of fused-ring (bicyclic) bond motifs is 1. The summed E-state index contributed by atoms with van der Waals surface area (Å²) in [5.74, 6) is -1.06. The number of nitrogens with two attached hydrogens (primary N) is 1. The SMILES string of the molecule is CC1(C)CC(S(=O)(=O)Cc2noc3cc(F)c(N)cc23)=NO1. The lowest BCUT2D eigenvalue weighted by Crippen LogP contribution is -2.23. The third kappa shape index (κ3) is 2.52. The fourth-order valence-corrected chi connectivity index (χ4v) is 3.62. The average Bonchev–Trinajstić information content (AvgIpc) is 2.95. The van der Waals surface area contributed by atoms with Gasteiger partial charge >= 0.3 is 0 Å². The van der Waals surface area contributed by atoms with Crippen molar-refractivity contribution in [3.63, 3.8) is 0 Å². The van der Waals surface area contributed by atoms with Crippen molar-refractivity contribution < 1.29 is 22.2 Å². The number of nitrogens with zero attached hydrogens (tertiary/aromatic N) is 2. The van der Waals surface area contributed by atoms with Crippen molar-refractivity contribution in [2.75, 3.05) is 5.73 Å². The molecule has 0 saturated carbocycles. The van der Waals surface area contributed by atoms with Gasteiger partial charge in [0.1, 0.15) is 22.9 Å². The molecule has 2 N–H and O–H groups in total. The molecule has 0 aliphatic carbocycles. The average molecular weight is 327 g/mol. The van der Waals surface area contributed by atoms with Crippen LogP contribution in [0.25, 0.3) is 11.0 Å². The monoisotopic (exact) mass is 327 g/mol. The number of benzene rings is 1. The first-order valence-electron chi connectivity index (χ1n) is 6.49. The Morgan fingerprint density at radius 2 is 2.14 bits per heavy atom. The molecule has 0 unspecified atom stereocenters. The normalized spacial score (nSPS) is 17.5. The van der Waals surface area contributed by atoms with Gasteiger partial charge in [0.05, 0.1) is 5.69 Å². The van der Waals surface area contributed by atoms with E-state index in [0.29, 0.717) is 5.39 Å². The molecule has 0 radical (unpaired) electrons. The Hall–Kier alpha value is -2.16.